The van der Waals surface area contributed by atoms with Crippen molar-refractivity contribution in [1.29, 1.82) is 0 Å². The summed E-state index contributed by atoms with van der Waals surface area (Å²) in [4.78, 5) is 0. The normalized spacial score (nSPS) is 11.2. The Labute approximate surface area is 113 Å². The second-order valence-corrected chi connectivity index (χ2v) is 6.85. The third-order valence-corrected chi connectivity index (χ3v) is 5.22. The fourth-order valence-electron chi connectivity index (χ4n) is 1.47. The molecule has 0 aliphatic heterocycles. The molecule has 0 fully saturated rings. The van der Waals surface area contributed by atoms with E-state index < -0.39 is 0 Å². The van der Waals surface area contributed by atoms with Crippen LogP contribution in [0.5, 0.6) is 0 Å². The molecule has 0 heterocycles. The standard InChI is InChI=1S/C16H14Te/c1-2-15(13-14-9-5-3-6-10-14)17-16-11-7-4-8-12-16/h2-13H,1H2/b15-13+. The van der Waals surface area contributed by atoms with Crippen molar-refractivity contribution < 1.29 is 0 Å². The van der Waals surface area contributed by atoms with Crippen LogP contribution in [0.4, 0.5) is 0 Å². The molecular weight excluding hydrogens is 320 g/mol. The number of benzene rings is 2. The van der Waals surface area contributed by atoms with Gasteiger partial charge in [-0.25, -0.2) is 0 Å². The van der Waals surface area contributed by atoms with Gasteiger partial charge in [-0.1, -0.05) is 0 Å². The average Bonchev–Trinajstić information content (AvgIpc) is 2.40. The molecule has 0 saturated heterocycles. The number of hydrogen-bond acceptors (Lipinski definition) is 0. The maximum atomic E-state index is 3.92. The van der Waals surface area contributed by atoms with Gasteiger partial charge in [0.05, 0.1) is 0 Å². The van der Waals surface area contributed by atoms with Gasteiger partial charge in [-0.2, -0.15) is 0 Å². The molecule has 0 aromatic heterocycles. The molecule has 84 valence electrons. The van der Waals surface area contributed by atoms with Gasteiger partial charge in [-0.15, -0.1) is 0 Å². The van der Waals surface area contributed by atoms with Crippen molar-refractivity contribution in [2.75, 3.05) is 0 Å². The summed E-state index contributed by atoms with van der Waals surface area (Å²) >= 11 is -0.313. The van der Waals surface area contributed by atoms with Gasteiger partial charge in [0, 0.05) is 0 Å². The molecule has 0 aliphatic rings. The molecule has 0 nitrogen and oxygen atoms in total. The summed E-state index contributed by atoms with van der Waals surface area (Å²) in [5.74, 6) is 0. The van der Waals surface area contributed by atoms with Gasteiger partial charge in [-0.3, -0.25) is 0 Å². The van der Waals surface area contributed by atoms with Gasteiger partial charge in [-0.05, 0) is 0 Å². The zero-order chi connectivity index (χ0) is 11.9. The van der Waals surface area contributed by atoms with Crippen molar-refractivity contribution in [3.8, 4) is 0 Å². The molecule has 1 heteroatoms. The topological polar surface area (TPSA) is 0 Å². The van der Waals surface area contributed by atoms with E-state index in [2.05, 4.69) is 67.3 Å². The van der Waals surface area contributed by atoms with Crippen LogP contribution in [0.25, 0.3) is 6.08 Å². The SMILES string of the molecule is C=C/C(=C\c1ccccc1)[Te]c1ccccc1. The molecular formula is C16H14Te. The minimum absolute atomic E-state index is 0.313. The van der Waals surface area contributed by atoms with E-state index in [0.29, 0.717) is 0 Å². The first kappa shape index (κ1) is 12.2. The Morgan fingerprint density at radius 3 is 2.06 bits per heavy atom. The Bertz CT molecular complexity index is 498. The van der Waals surface area contributed by atoms with Crippen LogP contribution in [0.1, 0.15) is 5.56 Å². The first-order valence-corrected chi connectivity index (χ1v) is 7.83. The van der Waals surface area contributed by atoms with Crippen LogP contribution < -0.4 is 3.61 Å². The molecule has 0 amide bonds. The quantitative estimate of drug-likeness (QED) is 0.595. The summed E-state index contributed by atoms with van der Waals surface area (Å²) in [6, 6.07) is 21.1. The van der Waals surface area contributed by atoms with Gasteiger partial charge < -0.3 is 0 Å². The maximum absolute atomic E-state index is 3.92. The van der Waals surface area contributed by atoms with Gasteiger partial charge in [0.15, 0.2) is 0 Å². The van der Waals surface area contributed by atoms with E-state index in [4.69, 9.17) is 0 Å². The van der Waals surface area contributed by atoms with E-state index in [9.17, 15) is 0 Å². The van der Waals surface area contributed by atoms with Crippen LogP contribution in [-0.4, -0.2) is 20.9 Å². The Hall–Kier alpha value is -1.29. The zero-order valence-corrected chi connectivity index (χ0v) is 11.9. The van der Waals surface area contributed by atoms with Crippen molar-refractivity contribution in [3.63, 3.8) is 0 Å². The summed E-state index contributed by atoms with van der Waals surface area (Å²) in [5, 5.41) is 0. The van der Waals surface area contributed by atoms with Crippen LogP contribution in [0.2, 0.25) is 0 Å². The predicted molar refractivity (Wildman–Crippen MR) is 76.4 cm³/mol. The van der Waals surface area contributed by atoms with E-state index in [1.807, 2.05) is 12.1 Å². The molecule has 2 rings (SSSR count). The molecule has 0 saturated carbocycles. The molecule has 2 aromatic rings. The predicted octanol–water partition coefficient (Wildman–Crippen LogP) is 3.24. The fraction of sp³-hybridized carbons (Fsp3) is 0. The molecule has 0 spiro atoms. The summed E-state index contributed by atoms with van der Waals surface area (Å²) in [6.45, 7) is 3.92. The van der Waals surface area contributed by atoms with E-state index in [1.54, 1.807) is 0 Å². The molecule has 0 atom stereocenters. The second-order valence-electron chi connectivity index (χ2n) is 3.58. The van der Waals surface area contributed by atoms with Crippen LogP contribution in [-0.2, 0) is 0 Å². The minimum atomic E-state index is -0.313. The first-order valence-electron chi connectivity index (χ1n) is 5.50. The summed E-state index contributed by atoms with van der Waals surface area (Å²) < 4.78 is 2.81. The van der Waals surface area contributed by atoms with E-state index in [0.717, 1.165) is 0 Å². The van der Waals surface area contributed by atoms with Crippen LogP contribution >= 0.6 is 0 Å². The summed E-state index contributed by atoms with van der Waals surface area (Å²) in [6.07, 6.45) is 4.23. The van der Waals surface area contributed by atoms with E-state index in [-0.39, 0.29) is 20.9 Å². The van der Waals surface area contributed by atoms with Gasteiger partial charge in [0.25, 0.3) is 0 Å². The molecule has 0 unspecified atom stereocenters. The van der Waals surface area contributed by atoms with E-state index in [1.165, 1.54) is 12.8 Å². The summed E-state index contributed by atoms with van der Waals surface area (Å²) in [5.41, 5.74) is 1.25. The Morgan fingerprint density at radius 2 is 1.47 bits per heavy atom. The van der Waals surface area contributed by atoms with Crippen molar-refractivity contribution in [2.24, 2.45) is 0 Å². The number of allylic oxidation sites excluding steroid dienone is 2. The number of hydrogen-bond donors (Lipinski definition) is 0. The third kappa shape index (κ3) is 3.89. The molecule has 0 radical (unpaired) electrons. The molecule has 2 aromatic carbocycles. The van der Waals surface area contributed by atoms with E-state index >= 15 is 0 Å². The molecule has 17 heavy (non-hydrogen) atoms. The molecule has 0 aliphatic carbocycles. The van der Waals surface area contributed by atoms with Crippen LogP contribution in [0.3, 0.4) is 0 Å². The summed E-state index contributed by atoms with van der Waals surface area (Å²) in [7, 11) is 0. The van der Waals surface area contributed by atoms with Gasteiger partial charge >= 0.3 is 113 Å². The van der Waals surface area contributed by atoms with Gasteiger partial charge in [0.2, 0.25) is 0 Å². The molecule has 0 bridgehead atoms. The van der Waals surface area contributed by atoms with Crippen molar-refractivity contribution in [3.05, 3.63) is 82.5 Å². The Morgan fingerprint density at radius 1 is 0.882 bits per heavy atom. The fourth-order valence-corrected chi connectivity index (χ4v) is 3.88. The van der Waals surface area contributed by atoms with Crippen LogP contribution in [0.15, 0.2) is 76.9 Å². The first-order chi connectivity index (χ1) is 8.38. The third-order valence-electron chi connectivity index (χ3n) is 2.29. The Balaban J connectivity index is 2.18. The zero-order valence-electron chi connectivity index (χ0n) is 9.54. The molecule has 0 N–H and O–H groups in total. The van der Waals surface area contributed by atoms with Gasteiger partial charge in [0.1, 0.15) is 0 Å². The van der Waals surface area contributed by atoms with Crippen LogP contribution in [0, 0.1) is 0 Å². The van der Waals surface area contributed by atoms with Crippen molar-refractivity contribution in [1.82, 2.24) is 0 Å². The number of rotatable bonds is 4. The van der Waals surface area contributed by atoms with Crippen molar-refractivity contribution >= 4 is 30.6 Å². The monoisotopic (exact) mass is 336 g/mol. The van der Waals surface area contributed by atoms with Crippen molar-refractivity contribution in [2.45, 2.75) is 0 Å². The Kier molecular flexibility index (Phi) is 4.62. The second kappa shape index (κ2) is 6.45. The average molecular weight is 334 g/mol.